The summed E-state index contributed by atoms with van der Waals surface area (Å²) >= 11 is 7.73. The number of rotatable bonds is 5. The van der Waals surface area contributed by atoms with Crippen molar-refractivity contribution in [3.05, 3.63) is 64.9 Å². The number of methoxy groups -OCH3 is 1. The number of fused-ring (bicyclic) bond motifs is 1. The number of anilines is 1. The average molecular weight is 430 g/mol. The maximum absolute atomic E-state index is 13.2. The van der Waals surface area contributed by atoms with E-state index in [4.69, 9.17) is 16.3 Å². The van der Waals surface area contributed by atoms with Crippen molar-refractivity contribution in [1.29, 1.82) is 0 Å². The fourth-order valence-electron chi connectivity index (χ4n) is 3.19. The topological polar surface area (TPSA) is 81.1 Å². The third-order valence-corrected chi connectivity index (χ3v) is 6.17. The Bertz CT molecular complexity index is 1030. The summed E-state index contributed by atoms with van der Waals surface area (Å²) in [6.07, 6.45) is 0.720. The Morgan fingerprint density at radius 1 is 1.28 bits per heavy atom. The molecule has 1 amide bonds. The molecule has 4 rings (SSSR count). The van der Waals surface area contributed by atoms with Gasteiger partial charge in [0.1, 0.15) is 11.0 Å². The van der Waals surface area contributed by atoms with Gasteiger partial charge in [0, 0.05) is 12.1 Å². The summed E-state index contributed by atoms with van der Waals surface area (Å²) in [5.41, 5.74) is 5.02. The molecule has 29 heavy (non-hydrogen) atoms. The average Bonchev–Trinajstić information content (AvgIpc) is 3.15. The zero-order valence-electron chi connectivity index (χ0n) is 15.9. The summed E-state index contributed by atoms with van der Waals surface area (Å²) < 4.78 is 7.11. The second kappa shape index (κ2) is 8.34. The molecular formula is C20H20ClN5O2S. The number of ether oxygens (including phenoxy) is 1. The van der Waals surface area contributed by atoms with Gasteiger partial charge < -0.3 is 15.5 Å². The third kappa shape index (κ3) is 3.90. The number of nitrogens with zero attached hydrogens (tertiary/aromatic N) is 3. The van der Waals surface area contributed by atoms with Crippen molar-refractivity contribution in [2.75, 3.05) is 17.9 Å². The number of nitrogens with one attached hydrogen (secondary N) is 2. The van der Waals surface area contributed by atoms with Crippen LogP contribution in [0.1, 0.15) is 24.4 Å². The van der Waals surface area contributed by atoms with E-state index in [0.29, 0.717) is 15.9 Å². The highest BCUT2D eigenvalue weighted by Gasteiger charge is 2.38. The Morgan fingerprint density at radius 2 is 2.07 bits per heavy atom. The lowest BCUT2D eigenvalue weighted by Crippen LogP contribution is -2.41. The van der Waals surface area contributed by atoms with E-state index in [9.17, 15) is 4.79 Å². The van der Waals surface area contributed by atoms with Gasteiger partial charge in [0.05, 0.1) is 18.2 Å². The monoisotopic (exact) mass is 429 g/mol. The lowest BCUT2D eigenvalue weighted by Gasteiger charge is -2.33. The summed E-state index contributed by atoms with van der Waals surface area (Å²) in [4.78, 5) is 13.2. The minimum Gasteiger partial charge on any atom is -0.495 e. The standard InChI is InChI=1S/C20H20ClN5O2S/c1-3-16-23-24-20-26(16)25-17(12-9-10-15(28-2)14(21)11-12)18(29-20)19(27)22-13-7-5-4-6-8-13/h4-11,17-18,25H,3H2,1-2H3,(H,22,27)/t17-,18+/m0/s1. The van der Waals surface area contributed by atoms with Crippen LogP contribution in [0, 0.1) is 0 Å². The van der Waals surface area contributed by atoms with Crippen LogP contribution in [0.25, 0.3) is 0 Å². The molecule has 150 valence electrons. The van der Waals surface area contributed by atoms with Crippen LogP contribution in [0.15, 0.2) is 53.7 Å². The molecule has 0 unspecified atom stereocenters. The van der Waals surface area contributed by atoms with E-state index in [0.717, 1.165) is 23.5 Å². The molecule has 0 radical (unpaired) electrons. The van der Waals surface area contributed by atoms with Crippen LogP contribution in [0.4, 0.5) is 5.69 Å². The van der Waals surface area contributed by atoms with Crippen molar-refractivity contribution in [3.8, 4) is 5.75 Å². The number of hydrogen-bond acceptors (Lipinski definition) is 6. The maximum Gasteiger partial charge on any atom is 0.240 e. The fourth-order valence-corrected chi connectivity index (χ4v) is 4.55. The van der Waals surface area contributed by atoms with Crippen LogP contribution in [0.2, 0.25) is 5.02 Å². The number of aryl methyl sites for hydroxylation is 1. The smallest absolute Gasteiger partial charge is 0.240 e. The number of aromatic nitrogens is 3. The lowest BCUT2D eigenvalue weighted by molar-refractivity contribution is -0.116. The predicted molar refractivity (Wildman–Crippen MR) is 114 cm³/mol. The highest BCUT2D eigenvalue weighted by atomic mass is 35.5. The largest absolute Gasteiger partial charge is 0.495 e. The zero-order valence-corrected chi connectivity index (χ0v) is 17.5. The van der Waals surface area contributed by atoms with E-state index < -0.39 is 5.25 Å². The van der Waals surface area contributed by atoms with Crippen molar-refractivity contribution < 1.29 is 9.53 Å². The molecule has 1 aliphatic rings. The van der Waals surface area contributed by atoms with E-state index in [-0.39, 0.29) is 11.9 Å². The lowest BCUT2D eigenvalue weighted by atomic mass is 10.0. The summed E-state index contributed by atoms with van der Waals surface area (Å²) in [6, 6.07) is 14.6. The second-order valence-electron chi connectivity index (χ2n) is 6.48. The highest BCUT2D eigenvalue weighted by Crippen LogP contribution is 2.39. The number of para-hydroxylation sites is 1. The summed E-state index contributed by atoms with van der Waals surface area (Å²) in [5, 5.41) is 12.1. The highest BCUT2D eigenvalue weighted by molar-refractivity contribution is 8.00. The Hall–Kier alpha value is -2.71. The van der Waals surface area contributed by atoms with Gasteiger partial charge in [0.25, 0.3) is 0 Å². The van der Waals surface area contributed by atoms with E-state index in [1.54, 1.807) is 13.2 Å². The fraction of sp³-hybridized carbons (Fsp3) is 0.250. The number of benzene rings is 2. The van der Waals surface area contributed by atoms with Crippen molar-refractivity contribution in [2.24, 2.45) is 0 Å². The molecule has 0 aliphatic carbocycles. The van der Waals surface area contributed by atoms with Gasteiger partial charge in [-0.05, 0) is 29.8 Å². The van der Waals surface area contributed by atoms with Crippen LogP contribution >= 0.6 is 23.4 Å². The molecule has 0 saturated carbocycles. The van der Waals surface area contributed by atoms with Crippen LogP contribution < -0.4 is 15.5 Å². The van der Waals surface area contributed by atoms with Crippen LogP contribution in [-0.4, -0.2) is 33.1 Å². The van der Waals surface area contributed by atoms with Crippen molar-refractivity contribution in [1.82, 2.24) is 14.9 Å². The number of hydrogen-bond donors (Lipinski definition) is 2. The Balaban J connectivity index is 1.69. The minimum atomic E-state index is -0.471. The Morgan fingerprint density at radius 3 is 2.76 bits per heavy atom. The Kier molecular flexibility index (Phi) is 5.64. The quantitative estimate of drug-likeness (QED) is 0.640. The molecule has 0 bridgehead atoms. The summed E-state index contributed by atoms with van der Waals surface area (Å²) in [7, 11) is 1.57. The zero-order chi connectivity index (χ0) is 20.4. The van der Waals surface area contributed by atoms with Crippen LogP contribution in [-0.2, 0) is 11.2 Å². The maximum atomic E-state index is 13.2. The van der Waals surface area contributed by atoms with Crippen LogP contribution in [0.3, 0.4) is 0 Å². The molecule has 2 heterocycles. The van der Waals surface area contributed by atoms with Gasteiger partial charge in [-0.1, -0.05) is 54.6 Å². The normalized spacial score (nSPS) is 17.9. The van der Waals surface area contributed by atoms with Gasteiger partial charge >= 0.3 is 0 Å². The minimum absolute atomic E-state index is 0.127. The molecule has 0 spiro atoms. The molecule has 0 saturated heterocycles. The molecule has 0 fully saturated rings. The molecule has 2 N–H and O–H groups in total. The summed E-state index contributed by atoms with van der Waals surface area (Å²) in [6.45, 7) is 2.01. The van der Waals surface area contributed by atoms with Gasteiger partial charge in [-0.3, -0.25) is 4.79 Å². The first-order valence-electron chi connectivity index (χ1n) is 9.17. The molecular weight excluding hydrogens is 410 g/mol. The van der Waals surface area contributed by atoms with Gasteiger partial charge in [-0.2, -0.15) is 0 Å². The van der Waals surface area contributed by atoms with E-state index in [1.165, 1.54) is 11.8 Å². The first-order valence-corrected chi connectivity index (χ1v) is 10.4. The predicted octanol–water partition coefficient (Wildman–Crippen LogP) is 3.90. The molecule has 3 aromatic rings. The van der Waals surface area contributed by atoms with Gasteiger partial charge in [0.15, 0.2) is 5.82 Å². The number of carbonyl (C=O) groups is 1. The van der Waals surface area contributed by atoms with Gasteiger partial charge in [-0.15, -0.1) is 10.2 Å². The first-order chi connectivity index (χ1) is 14.1. The van der Waals surface area contributed by atoms with Gasteiger partial charge in [0.2, 0.25) is 11.1 Å². The SMILES string of the molecule is CCc1nnc2n1N[C@@H](c1ccc(OC)c(Cl)c1)[C@H](C(=O)Nc1ccccc1)S2. The first kappa shape index (κ1) is 19.6. The van der Waals surface area contributed by atoms with Gasteiger partial charge in [-0.25, -0.2) is 4.68 Å². The van der Waals surface area contributed by atoms with Crippen LogP contribution in [0.5, 0.6) is 5.75 Å². The van der Waals surface area contributed by atoms with E-state index in [2.05, 4.69) is 20.9 Å². The Labute approximate surface area is 177 Å². The molecule has 9 heteroatoms. The van der Waals surface area contributed by atoms with Crippen molar-refractivity contribution >= 4 is 35.0 Å². The molecule has 2 atom stereocenters. The second-order valence-corrected chi connectivity index (χ2v) is 8.00. The molecule has 2 aromatic carbocycles. The number of thioether (sulfide) groups is 1. The number of halogens is 1. The molecule has 1 aromatic heterocycles. The third-order valence-electron chi connectivity index (χ3n) is 4.65. The van der Waals surface area contributed by atoms with Crippen molar-refractivity contribution in [3.63, 3.8) is 0 Å². The molecule has 1 aliphatic heterocycles. The van der Waals surface area contributed by atoms with E-state index in [1.807, 2.05) is 54.1 Å². The summed E-state index contributed by atoms with van der Waals surface area (Å²) in [5.74, 6) is 1.26. The van der Waals surface area contributed by atoms with E-state index >= 15 is 0 Å². The number of amides is 1. The number of carbonyl (C=O) groups excluding carboxylic acids is 1. The molecule has 7 nitrogen and oxygen atoms in total. The van der Waals surface area contributed by atoms with Crippen molar-refractivity contribution in [2.45, 2.75) is 29.8 Å².